The largest absolute Gasteiger partial charge is 0.377 e. The first kappa shape index (κ1) is 12.0. The molecule has 1 heterocycles. The summed E-state index contributed by atoms with van der Waals surface area (Å²) in [5.74, 6) is 0.663. The standard InChI is InChI=1S/C12H25NO/c1-6-11(4)12(14-5)7-8-13(9-12)10(2)3/h10-11H,6-9H2,1-5H3. The van der Waals surface area contributed by atoms with E-state index >= 15 is 0 Å². The first-order valence-electron chi connectivity index (χ1n) is 5.85. The lowest BCUT2D eigenvalue weighted by atomic mass is 9.86. The Bertz CT molecular complexity index is 181. The number of hydrogen-bond acceptors (Lipinski definition) is 2. The second-order valence-electron chi connectivity index (χ2n) is 4.89. The molecule has 1 fully saturated rings. The molecule has 0 saturated carbocycles. The zero-order valence-electron chi connectivity index (χ0n) is 10.3. The minimum absolute atomic E-state index is 0.124. The van der Waals surface area contributed by atoms with Crippen molar-refractivity contribution in [1.29, 1.82) is 0 Å². The normalized spacial score (nSPS) is 31.3. The van der Waals surface area contributed by atoms with Gasteiger partial charge in [-0.05, 0) is 26.2 Å². The predicted molar refractivity (Wildman–Crippen MR) is 60.5 cm³/mol. The van der Waals surface area contributed by atoms with Crippen LogP contribution in [0.5, 0.6) is 0 Å². The average molecular weight is 199 g/mol. The Morgan fingerprint density at radius 2 is 2.00 bits per heavy atom. The van der Waals surface area contributed by atoms with Gasteiger partial charge in [0.15, 0.2) is 0 Å². The summed E-state index contributed by atoms with van der Waals surface area (Å²) >= 11 is 0. The van der Waals surface area contributed by atoms with Crippen LogP contribution in [0.2, 0.25) is 0 Å². The molecule has 1 aliphatic heterocycles. The number of methoxy groups -OCH3 is 1. The van der Waals surface area contributed by atoms with Crippen LogP contribution in [0.1, 0.15) is 40.5 Å². The third-order valence-electron chi connectivity index (χ3n) is 3.94. The molecule has 1 saturated heterocycles. The highest BCUT2D eigenvalue weighted by Crippen LogP contribution is 2.34. The molecule has 0 spiro atoms. The molecular weight excluding hydrogens is 174 g/mol. The Morgan fingerprint density at radius 1 is 1.36 bits per heavy atom. The van der Waals surface area contributed by atoms with Gasteiger partial charge < -0.3 is 4.74 Å². The van der Waals surface area contributed by atoms with Crippen molar-refractivity contribution in [2.45, 2.75) is 52.2 Å². The molecule has 2 unspecified atom stereocenters. The first-order chi connectivity index (χ1) is 6.55. The number of hydrogen-bond donors (Lipinski definition) is 0. The van der Waals surface area contributed by atoms with Gasteiger partial charge in [-0.25, -0.2) is 0 Å². The predicted octanol–water partition coefficient (Wildman–Crippen LogP) is 2.53. The third-order valence-corrected chi connectivity index (χ3v) is 3.94. The van der Waals surface area contributed by atoms with Crippen LogP contribution in [0.3, 0.4) is 0 Å². The van der Waals surface area contributed by atoms with E-state index in [0.29, 0.717) is 12.0 Å². The van der Waals surface area contributed by atoms with Gasteiger partial charge in [0.1, 0.15) is 0 Å². The maximum Gasteiger partial charge on any atom is 0.0842 e. The monoisotopic (exact) mass is 199 g/mol. The van der Waals surface area contributed by atoms with E-state index in [-0.39, 0.29) is 5.60 Å². The van der Waals surface area contributed by atoms with E-state index in [9.17, 15) is 0 Å². The van der Waals surface area contributed by atoms with E-state index in [1.807, 2.05) is 7.11 Å². The maximum atomic E-state index is 5.79. The van der Waals surface area contributed by atoms with Crippen LogP contribution in [0.25, 0.3) is 0 Å². The van der Waals surface area contributed by atoms with Gasteiger partial charge in [0.05, 0.1) is 5.60 Å². The van der Waals surface area contributed by atoms with Crippen molar-refractivity contribution in [1.82, 2.24) is 4.90 Å². The highest BCUT2D eigenvalue weighted by atomic mass is 16.5. The van der Waals surface area contributed by atoms with E-state index in [0.717, 1.165) is 6.54 Å². The third kappa shape index (κ3) is 2.12. The molecule has 1 rings (SSSR count). The molecule has 0 amide bonds. The second kappa shape index (κ2) is 4.63. The fourth-order valence-corrected chi connectivity index (χ4v) is 2.42. The Kier molecular flexibility index (Phi) is 3.96. The molecule has 14 heavy (non-hydrogen) atoms. The minimum atomic E-state index is 0.124. The van der Waals surface area contributed by atoms with Crippen LogP contribution >= 0.6 is 0 Å². The van der Waals surface area contributed by atoms with Crippen LogP contribution in [0.15, 0.2) is 0 Å². The van der Waals surface area contributed by atoms with Crippen molar-refractivity contribution in [3.05, 3.63) is 0 Å². The lowest BCUT2D eigenvalue weighted by Crippen LogP contribution is -2.42. The molecular formula is C12H25NO. The zero-order chi connectivity index (χ0) is 10.8. The van der Waals surface area contributed by atoms with Crippen LogP contribution in [0.4, 0.5) is 0 Å². The van der Waals surface area contributed by atoms with Gasteiger partial charge in [-0.1, -0.05) is 20.3 Å². The molecule has 0 aromatic rings. The molecule has 0 aromatic heterocycles. The molecule has 0 N–H and O–H groups in total. The zero-order valence-corrected chi connectivity index (χ0v) is 10.3. The summed E-state index contributed by atoms with van der Waals surface area (Å²) in [6.07, 6.45) is 2.40. The van der Waals surface area contributed by atoms with E-state index in [2.05, 4.69) is 32.6 Å². The SMILES string of the molecule is CCC(C)C1(OC)CCN(C(C)C)C1. The summed E-state index contributed by atoms with van der Waals surface area (Å²) in [5.41, 5.74) is 0.124. The van der Waals surface area contributed by atoms with Gasteiger partial charge in [0, 0.05) is 26.2 Å². The summed E-state index contributed by atoms with van der Waals surface area (Å²) in [5, 5.41) is 0. The quantitative estimate of drug-likeness (QED) is 0.690. The molecule has 2 atom stereocenters. The Balaban J connectivity index is 2.66. The van der Waals surface area contributed by atoms with Crippen molar-refractivity contribution in [3.63, 3.8) is 0 Å². The summed E-state index contributed by atoms with van der Waals surface area (Å²) in [7, 11) is 1.87. The molecule has 2 nitrogen and oxygen atoms in total. The average Bonchev–Trinajstić information content (AvgIpc) is 2.62. The van der Waals surface area contributed by atoms with E-state index < -0.39 is 0 Å². The van der Waals surface area contributed by atoms with E-state index in [1.165, 1.54) is 19.4 Å². The highest BCUT2D eigenvalue weighted by Gasteiger charge is 2.42. The summed E-state index contributed by atoms with van der Waals surface area (Å²) < 4.78 is 5.79. The molecule has 0 aliphatic carbocycles. The lowest BCUT2D eigenvalue weighted by molar-refractivity contribution is -0.0467. The number of likely N-dealkylation sites (tertiary alicyclic amines) is 1. The van der Waals surface area contributed by atoms with Crippen molar-refractivity contribution in [2.24, 2.45) is 5.92 Å². The van der Waals surface area contributed by atoms with Crippen LogP contribution in [-0.2, 0) is 4.74 Å². The molecule has 0 bridgehead atoms. The smallest absolute Gasteiger partial charge is 0.0842 e. The highest BCUT2D eigenvalue weighted by molar-refractivity contribution is 4.95. The number of ether oxygens (including phenoxy) is 1. The first-order valence-corrected chi connectivity index (χ1v) is 5.85. The van der Waals surface area contributed by atoms with Gasteiger partial charge in [-0.15, -0.1) is 0 Å². The summed E-state index contributed by atoms with van der Waals surface area (Å²) in [4.78, 5) is 2.52. The topological polar surface area (TPSA) is 12.5 Å². The van der Waals surface area contributed by atoms with Crippen molar-refractivity contribution in [3.8, 4) is 0 Å². The van der Waals surface area contributed by atoms with Gasteiger partial charge >= 0.3 is 0 Å². The molecule has 1 aliphatic rings. The molecule has 84 valence electrons. The van der Waals surface area contributed by atoms with Crippen molar-refractivity contribution in [2.75, 3.05) is 20.2 Å². The van der Waals surface area contributed by atoms with Crippen molar-refractivity contribution < 1.29 is 4.74 Å². The van der Waals surface area contributed by atoms with Gasteiger partial charge in [-0.3, -0.25) is 4.90 Å². The van der Waals surface area contributed by atoms with E-state index in [4.69, 9.17) is 4.74 Å². The van der Waals surface area contributed by atoms with Gasteiger partial charge in [0.25, 0.3) is 0 Å². The lowest BCUT2D eigenvalue weighted by Gasteiger charge is -2.34. The van der Waals surface area contributed by atoms with Crippen LogP contribution in [0, 0.1) is 5.92 Å². The number of nitrogens with zero attached hydrogens (tertiary/aromatic N) is 1. The molecule has 0 radical (unpaired) electrons. The fraction of sp³-hybridized carbons (Fsp3) is 1.00. The summed E-state index contributed by atoms with van der Waals surface area (Å²) in [6.45, 7) is 11.4. The Hall–Kier alpha value is -0.0800. The maximum absolute atomic E-state index is 5.79. The Labute approximate surface area is 88.6 Å². The summed E-state index contributed by atoms with van der Waals surface area (Å²) in [6, 6.07) is 0.649. The van der Waals surface area contributed by atoms with Crippen LogP contribution < -0.4 is 0 Å². The minimum Gasteiger partial charge on any atom is -0.377 e. The Morgan fingerprint density at radius 3 is 2.36 bits per heavy atom. The fourth-order valence-electron chi connectivity index (χ4n) is 2.42. The van der Waals surface area contributed by atoms with Crippen LogP contribution in [-0.4, -0.2) is 36.7 Å². The van der Waals surface area contributed by atoms with Gasteiger partial charge in [-0.2, -0.15) is 0 Å². The number of rotatable bonds is 4. The van der Waals surface area contributed by atoms with Crippen molar-refractivity contribution >= 4 is 0 Å². The second-order valence-corrected chi connectivity index (χ2v) is 4.89. The van der Waals surface area contributed by atoms with Gasteiger partial charge in [0.2, 0.25) is 0 Å². The molecule has 0 aromatic carbocycles. The molecule has 2 heteroatoms. The van der Waals surface area contributed by atoms with E-state index in [1.54, 1.807) is 0 Å².